The molecule has 2 aromatic rings. The van der Waals surface area contributed by atoms with Crippen LogP contribution in [0.25, 0.3) is 0 Å². The van der Waals surface area contributed by atoms with Crippen LogP contribution in [-0.4, -0.2) is 45.0 Å². The molecule has 0 aromatic heterocycles. The maximum atomic E-state index is 12.9. The van der Waals surface area contributed by atoms with Crippen LogP contribution < -0.4 is 10.0 Å². The lowest BCUT2D eigenvalue weighted by Crippen LogP contribution is -2.40. The summed E-state index contributed by atoms with van der Waals surface area (Å²) in [6.07, 6.45) is 0.559. The van der Waals surface area contributed by atoms with Gasteiger partial charge in [-0.1, -0.05) is 18.2 Å². The highest BCUT2D eigenvalue weighted by atomic mass is 32.2. The molecule has 1 atom stereocenters. The van der Waals surface area contributed by atoms with Crippen molar-refractivity contribution in [1.29, 1.82) is 0 Å². The monoisotopic (exact) mass is 482 g/mol. The molecule has 7 nitrogen and oxygen atoms in total. The van der Waals surface area contributed by atoms with Gasteiger partial charge in [-0.05, 0) is 57.5 Å². The third-order valence-electron chi connectivity index (χ3n) is 4.46. The first kappa shape index (κ1) is 23.8. The first-order valence-corrected chi connectivity index (χ1v) is 13.9. The normalized spacial score (nSPS) is 18.6. The van der Waals surface area contributed by atoms with Gasteiger partial charge in [-0.25, -0.2) is 21.6 Å². The van der Waals surface area contributed by atoms with Crippen molar-refractivity contribution in [2.24, 2.45) is 0 Å². The molecule has 31 heavy (non-hydrogen) atoms. The predicted octanol–water partition coefficient (Wildman–Crippen LogP) is 3.29. The quantitative estimate of drug-likeness (QED) is 0.654. The predicted molar refractivity (Wildman–Crippen MR) is 124 cm³/mol. The lowest BCUT2D eigenvalue weighted by molar-refractivity contribution is 0.102. The van der Waals surface area contributed by atoms with Gasteiger partial charge in [0.25, 0.3) is 5.91 Å². The number of nitrogens with one attached hydrogen (secondary N) is 2. The SMILES string of the molecule is CC(C)(C)NS(=O)(=O)c1cccc(NC(=O)c2ccccc2SC2CCS(=O)(=O)C2)c1. The van der Waals surface area contributed by atoms with Crippen molar-refractivity contribution < 1.29 is 21.6 Å². The summed E-state index contributed by atoms with van der Waals surface area (Å²) in [6.45, 7) is 5.25. The Bertz CT molecular complexity index is 1190. The van der Waals surface area contributed by atoms with E-state index >= 15 is 0 Å². The highest BCUT2D eigenvalue weighted by Gasteiger charge is 2.29. The Balaban J connectivity index is 1.79. The zero-order valence-corrected chi connectivity index (χ0v) is 20.0. The Morgan fingerprint density at radius 3 is 2.45 bits per heavy atom. The highest BCUT2D eigenvalue weighted by molar-refractivity contribution is 8.02. The van der Waals surface area contributed by atoms with Crippen LogP contribution in [0.2, 0.25) is 0 Å². The zero-order valence-electron chi connectivity index (χ0n) is 17.6. The van der Waals surface area contributed by atoms with E-state index in [1.807, 2.05) is 0 Å². The average molecular weight is 483 g/mol. The van der Waals surface area contributed by atoms with Gasteiger partial charge < -0.3 is 5.32 Å². The van der Waals surface area contributed by atoms with E-state index < -0.39 is 25.4 Å². The molecule has 0 bridgehead atoms. The van der Waals surface area contributed by atoms with Crippen LogP contribution in [0, 0.1) is 0 Å². The van der Waals surface area contributed by atoms with Gasteiger partial charge >= 0.3 is 0 Å². The van der Waals surface area contributed by atoms with Gasteiger partial charge in [-0.15, -0.1) is 11.8 Å². The van der Waals surface area contributed by atoms with E-state index in [9.17, 15) is 21.6 Å². The molecule has 0 saturated carbocycles. The number of sulfone groups is 1. The Labute approximate surface area is 188 Å². The Morgan fingerprint density at radius 1 is 1.10 bits per heavy atom. The zero-order chi connectivity index (χ0) is 22.9. The summed E-state index contributed by atoms with van der Waals surface area (Å²) in [5.74, 6) is -0.112. The van der Waals surface area contributed by atoms with Gasteiger partial charge in [0.05, 0.1) is 22.0 Å². The van der Waals surface area contributed by atoms with E-state index in [1.165, 1.54) is 23.9 Å². The van der Waals surface area contributed by atoms with Crippen molar-refractivity contribution in [3.63, 3.8) is 0 Å². The Morgan fingerprint density at radius 2 is 1.81 bits per heavy atom. The van der Waals surface area contributed by atoms with Gasteiger partial charge in [-0.2, -0.15) is 0 Å². The second-order valence-corrected chi connectivity index (χ2v) is 13.7. The number of sulfonamides is 1. The summed E-state index contributed by atoms with van der Waals surface area (Å²) in [5, 5.41) is 2.67. The molecule has 0 aliphatic carbocycles. The maximum absolute atomic E-state index is 12.9. The number of thioether (sulfide) groups is 1. The van der Waals surface area contributed by atoms with E-state index in [-0.39, 0.29) is 27.6 Å². The first-order chi connectivity index (χ1) is 14.3. The van der Waals surface area contributed by atoms with Crippen molar-refractivity contribution in [1.82, 2.24) is 4.72 Å². The Hall–Kier alpha value is -1.88. The van der Waals surface area contributed by atoms with E-state index in [2.05, 4.69) is 10.0 Å². The second-order valence-electron chi connectivity index (χ2n) is 8.48. The largest absolute Gasteiger partial charge is 0.322 e. The molecule has 1 saturated heterocycles. The molecular formula is C21H26N2O5S3. The van der Waals surface area contributed by atoms with E-state index in [0.29, 0.717) is 22.6 Å². The van der Waals surface area contributed by atoms with Crippen LogP contribution in [-0.2, 0) is 19.9 Å². The first-order valence-electron chi connectivity index (χ1n) is 9.76. The van der Waals surface area contributed by atoms with Crippen LogP contribution in [0.3, 0.4) is 0 Å². The molecule has 1 aliphatic rings. The van der Waals surface area contributed by atoms with Gasteiger partial charge in [0, 0.05) is 21.4 Å². The van der Waals surface area contributed by atoms with Crippen molar-refractivity contribution in [2.45, 2.75) is 47.8 Å². The van der Waals surface area contributed by atoms with Crippen LogP contribution in [0.1, 0.15) is 37.6 Å². The van der Waals surface area contributed by atoms with Crippen molar-refractivity contribution in [2.75, 3.05) is 16.8 Å². The molecule has 168 valence electrons. The molecule has 3 rings (SSSR count). The third-order valence-corrected chi connectivity index (χ3v) is 9.54. The number of amides is 1. The Kier molecular flexibility index (Phi) is 6.85. The summed E-state index contributed by atoms with van der Waals surface area (Å²) in [7, 11) is -6.75. The molecule has 0 spiro atoms. The topological polar surface area (TPSA) is 109 Å². The minimum Gasteiger partial charge on any atom is -0.322 e. The second kappa shape index (κ2) is 8.93. The van der Waals surface area contributed by atoms with Crippen LogP contribution in [0.5, 0.6) is 0 Å². The molecule has 1 unspecified atom stereocenters. The van der Waals surface area contributed by atoms with Crippen molar-refractivity contribution in [3.8, 4) is 0 Å². The maximum Gasteiger partial charge on any atom is 0.256 e. The number of anilines is 1. The number of carbonyl (C=O) groups is 1. The molecule has 1 fully saturated rings. The van der Waals surface area contributed by atoms with E-state index in [1.54, 1.807) is 57.2 Å². The fourth-order valence-electron chi connectivity index (χ4n) is 3.19. The summed E-state index contributed by atoms with van der Waals surface area (Å²) in [5.41, 5.74) is 0.130. The molecule has 1 amide bonds. The van der Waals surface area contributed by atoms with Gasteiger partial charge in [0.15, 0.2) is 9.84 Å². The number of carbonyl (C=O) groups excluding carboxylic acids is 1. The summed E-state index contributed by atoms with van der Waals surface area (Å²) in [6, 6.07) is 13.1. The summed E-state index contributed by atoms with van der Waals surface area (Å²) in [4.78, 5) is 13.7. The summed E-state index contributed by atoms with van der Waals surface area (Å²) >= 11 is 1.39. The number of rotatable bonds is 6. The minimum atomic E-state index is -3.74. The number of hydrogen-bond acceptors (Lipinski definition) is 6. The smallest absolute Gasteiger partial charge is 0.256 e. The van der Waals surface area contributed by atoms with Gasteiger partial charge in [0.1, 0.15) is 0 Å². The molecule has 2 aromatic carbocycles. The van der Waals surface area contributed by atoms with Gasteiger partial charge in [-0.3, -0.25) is 4.79 Å². The third kappa shape index (κ3) is 6.55. The average Bonchev–Trinajstić information content (AvgIpc) is 2.99. The number of hydrogen-bond donors (Lipinski definition) is 2. The van der Waals surface area contributed by atoms with E-state index in [0.717, 1.165) is 0 Å². The van der Waals surface area contributed by atoms with Crippen LogP contribution >= 0.6 is 11.8 Å². The minimum absolute atomic E-state index is 0.0547. The van der Waals surface area contributed by atoms with Crippen LogP contribution in [0.15, 0.2) is 58.3 Å². The van der Waals surface area contributed by atoms with E-state index in [4.69, 9.17) is 0 Å². The lowest BCUT2D eigenvalue weighted by Gasteiger charge is -2.20. The molecular weight excluding hydrogens is 456 g/mol. The van der Waals surface area contributed by atoms with Gasteiger partial charge in [0.2, 0.25) is 10.0 Å². The fraction of sp³-hybridized carbons (Fsp3) is 0.381. The fourth-order valence-corrected chi connectivity index (χ4v) is 8.28. The molecule has 1 aliphatic heterocycles. The molecule has 0 radical (unpaired) electrons. The molecule has 2 N–H and O–H groups in total. The molecule has 1 heterocycles. The standard InChI is InChI=1S/C21H26N2O5S3/c1-21(2,3)23-31(27,28)17-8-6-7-15(13-17)22-20(24)18-9-4-5-10-19(18)29-16-11-12-30(25,26)14-16/h4-10,13,16,23H,11-12,14H2,1-3H3,(H,22,24). The van der Waals surface area contributed by atoms with Crippen molar-refractivity contribution in [3.05, 3.63) is 54.1 Å². The number of benzene rings is 2. The van der Waals surface area contributed by atoms with Crippen LogP contribution in [0.4, 0.5) is 5.69 Å². The summed E-state index contributed by atoms with van der Waals surface area (Å²) < 4.78 is 51.2. The van der Waals surface area contributed by atoms with Crippen molar-refractivity contribution >= 4 is 43.2 Å². The molecule has 10 heteroatoms. The highest BCUT2D eigenvalue weighted by Crippen LogP contribution is 2.33. The lowest BCUT2D eigenvalue weighted by atomic mass is 10.1.